The Hall–Kier alpha value is -3.13. The Kier molecular flexibility index (Phi) is 6.53. The molecule has 4 rings (SSSR count). The summed E-state index contributed by atoms with van der Waals surface area (Å²) in [5.74, 6) is -4.85. The van der Waals surface area contributed by atoms with E-state index < -0.39 is 33.5 Å². The Bertz CT molecular complexity index is 1260. The number of carbonyl (C=O) groups is 2. The van der Waals surface area contributed by atoms with Crippen LogP contribution in [0.2, 0.25) is 0 Å². The van der Waals surface area contributed by atoms with Crippen LogP contribution in [0.15, 0.2) is 18.3 Å². The Morgan fingerprint density at radius 2 is 1.89 bits per heavy atom. The van der Waals surface area contributed by atoms with Crippen LogP contribution < -0.4 is 10.2 Å². The lowest BCUT2D eigenvalue weighted by Crippen LogP contribution is -2.47. The molecule has 0 spiro atoms. The topological polar surface area (TPSA) is 108 Å². The number of hydrogen-bond donors (Lipinski definition) is 1. The van der Waals surface area contributed by atoms with E-state index in [0.29, 0.717) is 36.6 Å². The molecule has 3 amide bonds. The number of halogens is 3. The second-order valence-electron chi connectivity index (χ2n) is 8.94. The first-order chi connectivity index (χ1) is 16.3. The van der Waals surface area contributed by atoms with Gasteiger partial charge in [-0.15, -0.1) is 0 Å². The Morgan fingerprint density at radius 1 is 1.23 bits per heavy atom. The zero-order valence-corrected chi connectivity index (χ0v) is 20.1. The van der Waals surface area contributed by atoms with Crippen molar-refractivity contribution in [2.45, 2.75) is 32.5 Å². The smallest absolute Gasteiger partial charge is 0.314 e. The van der Waals surface area contributed by atoms with Crippen molar-refractivity contribution in [1.29, 1.82) is 0 Å². The number of sulfonamides is 1. The summed E-state index contributed by atoms with van der Waals surface area (Å²) < 4.78 is 66.6. The molecule has 2 aliphatic heterocycles. The van der Waals surface area contributed by atoms with E-state index in [1.165, 1.54) is 27.3 Å². The third kappa shape index (κ3) is 4.98. The summed E-state index contributed by atoms with van der Waals surface area (Å²) in [6.45, 7) is 2.64. The summed E-state index contributed by atoms with van der Waals surface area (Å²) in [5, 5.41) is 6.72. The lowest BCUT2D eigenvalue weighted by molar-refractivity contribution is -0.117. The molecule has 0 radical (unpaired) electrons. The van der Waals surface area contributed by atoms with E-state index in [0.717, 1.165) is 6.26 Å². The third-order valence-corrected chi connectivity index (χ3v) is 7.57. The SMILES string of the molecule is C[C@H]1Cn2ncc(N3CC(CN(C)S(C)(=O)=O)CC3=O)c2CN1C(=O)Nc1cc(F)c(F)c(F)c1. The number of anilines is 2. The molecule has 2 aliphatic rings. The molecular weight excluding hydrogens is 489 g/mol. The van der Waals surface area contributed by atoms with E-state index in [1.54, 1.807) is 11.6 Å². The highest BCUT2D eigenvalue weighted by Crippen LogP contribution is 2.32. The standard InChI is InChI=1S/C21H25F3N6O4S/c1-12-8-30-18(11-28(12)21(32)26-14-5-15(22)20(24)16(23)6-14)17(7-25-30)29-10-13(4-19(29)31)9-27(2)35(3,33)34/h5-7,12-13H,4,8-11H2,1-3H3,(H,26,32)/t12-,13?/m0/s1. The number of benzene rings is 1. The molecule has 1 saturated heterocycles. The van der Waals surface area contributed by atoms with Crippen molar-refractivity contribution in [3.8, 4) is 0 Å². The van der Waals surface area contributed by atoms with Crippen molar-refractivity contribution in [1.82, 2.24) is 19.0 Å². The molecular formula is C21H25F3N6O4S. The molecule has 1 fully saturated rings. The monoisotopic (exact) mass is 514 g/mol. The second-order valence-corrected chi connectivity index (χ2v) is 11.0. The molecule has 1 unspecified atom stereocenters. The summed E-state index contributed by atoms with van der Waals surface area (Å²) in [4.78, 5) is 28.6. The molecule has 190 valence electrons. The molecule has 35 heavy (non-hydrogen) atoms. The highest BCUT2D eigenvalue weighted by Gasteiger charge is 2.37. The highest BCUT2D eigenvalue weighted by atomic mass is 32.2. The fourth-order valence-corrected chi connectivity index (χ4v) is 4.82. The van der Waals surface area contributed by atoms with Crippen molar-refractivity contribution in [2.24, 2.45) is 5.92 Å². The Balaban J connectivity index is 1.51. The molecule has 2 atom stereocenters. The van der Waals surface area contributed by atoms with Gasteiger partial charge in [-0.05, 0) is 12.8 Å². The van der Waals surface area contributed by atoms with Crippen molar-refractivity contribution in [2.75, 3.05) is 36.6 Å². The van der Waals surface area contributed by atoms with Gasteiger partial charge in [0.1, 0.15) is 0 Å². The zero-order chi connectivity index (χ0) is 25.7. The molecule has 10 nitrogen and oxygen atoms in total. The number of nitrogens with zero attached hydrogens (tertiary/aromatic N) is 5. The number of urea groups is 1. The van der Waals surface area contributed by atoms with Crippen LogP contribution in [0, 0.1) is 23.4 Å². The van der Waals surface area contributed by atoms with Crippen LogP contribution in [0.25, 0.3) is 0 Å². The van der Waals surface area contributed by atoms with Crippen LogP contribution in [0.4, 0.5) is 29.3 Å². The maximum Gasteiger partial charge on any atom is 0.322 e. The van der Waals surface area contributed by atoms with Gasteiger partial charge in [-0.2, -0.15) is 5.10 Å². The predicted octanol–water partition coefficient (Wildman–Crippen LogP) is 1.98. The number of carbonyl (C=O) groups excluding carboxylic acids is 2. The van der Waals surface area contributed by atoms with E-state index >= 15 is 0 Å². The Morgan fingerprint density at radius 3 is 2.51 bits per heavy atom. The molecule has 0 saturated carbocycles. The minimum absolute atomic E-state index is 0.0617. The lowest BCUT2D eigenvalue weighted by atomic mass is 10.1. The van der Waals surface area contributed by atoms with Gasteiger partial charge in [0.25, 0.3) is 0 Å². The van der Waals surface area contributed by atoms with E-state index in [9.17, 15) is 31.2 Å². The van der Waals surface area contributed by atoms with Crippen LogP contribution in [0.3, 0.4) is 0 Å². The van der Waals surface area contributed by atoms with Crippen molar-refractivity contribution < 1.29 is 31.2 Å². The number of amides is 3. The number of nitrogens with one attached hydrogen (secondary N) is 1. The highest BCUT2D eigenvalue weighted by molar-refractivity contribution is 7.88. The maximum atomic E-state index is 13.5. The molecule has 0 aliphatic carbocycles. The van der Waals surface area contributed by atoms with Crippen LogP contribution in [0.1, 0.15) is 19.0 Å². The first-order valence-corrected chi connectivity index (χ1v) is 12.7. The molecule has 14 heteroatoms. The fourth-order valence-electron chi connectivity index (χ4n) is 4.34. The normalized spacial score (nSPS) is 20.5. The maximum absolute atomic E-state index is 13.5. The van der Waals surface area contributed by atoms with Crippen molar-refractivity contribution >= 4 is 33.3 Å². The van der Waals surface area contributed by atoms with Gasteiger partial charge in [-0.25, -0.2) is 30.7 Å². The summed E-state index contributed by atoms with van der Waals surface area (Å²) in [7, 11) is -1.92. The lowest BCUT2D eigenvalue weighted by Gasteiger charge is -2.35. The minimum Gasteiger partial charge on any atom is -0.314 e. The number of fused-ring (bicyclic) bond motifs is 1. The average Bonchev–Trinajstić information content (AvgIpc) is 3.32. The first kappa shape index (κ1) is 25.0. The van der Waals surface area contributed by atoms with Crippen LogP contribution in [-0.2, 0) is 27.9 Å². The molecule has 3 heterocycles. The first-order valence-electron chi connectivity index (χ1n) is 10.8. The largest absolute Gasteiger partial charge is 0.322 e. The van der Waals surface area contributed by atoms with Crippen molar-refractivity contribution in [3.05, 3.63) is 41.5 Å². The summed E-state index contributed by atoms with van der Waals surface area (Å²) in [5.41, 5.74) is 0.883. The van der Waals surface area contributed by atoms with Gasteiger partial charge in [-0.1, -0.05) is 0 Å². The third-order valence-electron chi connectivity index (χ3n) is 6.29. The van der Waals surface area contributed by atoms with E-state index in [4.69, 9.17) is 0 Å². The van der Waals surface area contributed by atoms with E-state index in [2.05, 4.69) is 10.4 Å². The second kappa shape index (κ2) is 9.15. The summed E-state index contributed by atoms with van der Waals surface area (Å²) in [6.07, 6.45) is 2.81. The van der Waals surface area contributed by atoms with Crippen LogP contribution in [-0.4, -0.2) is 71.8 Å². The van der Waals surface area contributed by atoms with Gasteiger partial charge >= 0.3 is 6.03 Å². The van der Waals surface area contributed by atoms with Gasteiger partial charge in [0.15, 0.2) is 17.5 Å². The van der Waals surface area contributed by atoms with Crippen LogP contribution in [0.5, 0.6) is 0 Å². The quantitative estimate of drug-likeness (QED) is 0.614. The number of aromatic nitrogens is 2. The van der Waals surface area contributed by atoms with Gasteiger partial charge in [0.05, 0.1) is 43.0 Å². The molecule has 1 N–H and O–H groups in total. The average molecular weight is 515 g/mol. The fraction of sp³-hybridized carbons (Fsp3) is 0.476. The number of rotatable bonds is 5. The molecule has 1 aromatic heterocycles. The predicted molar refractivity (Wildman–Crippen MR) is 121 cm³/mol. The molecule has 1 aromatic carbocycles. The van der Waals surface area contributed by atoms with E-state index in [-0.39, 0.29) is 43.1 Å². The van der Waals surface area contributed by atoms with E-state index in [1.807, 2.05) is 0 Å². The van der Waals surface area contributed by atoms with Gasteiger partial charge in [0, 0.05) is 44.4 Å². The summed E-state index contributed by atoms with van der Waals surface area (Å²) in [6, 6.07) is 0.395. The van der Waals surface area contributed by atoms with Crippen molar-refractivity contribution in [3.63, 3.8) is 0 Å². The molecule has 2 aromatic rings. The molecule has 0 bridgehead atoms. The van der Waals surface area contributed by atoms with Gasteiger partial charge < -0.3 is 15.1 Å². The van der Waals surface area contributed by atoms with Crippen LogP contribution >= 0.6 is 0 Å². The number of hydrogen-bond acceptors (Lipinski definition) is 5. The van der Waals surface area contributed by atoms with Gasteiger partial charge in [0.2, 0.25) is 15.9 Å². The van der Waals surface area contributed by atoms with Gasteiger partial charge in [-0.3, -0.25) is 9.48 Å². The zero-order valence-electron chi connectivity index (χ0n) is 19.3. The Labute approximate surface area is 200 Å². The summed E-state index contributed by atoms with van der Waals surface area (Å²) >= 11 is 0. The minimum atomic E-state index is -3.38.